The van der Waals surface area contributed by atoms with Crippen LogP contribution < -0.4 is 20.7 Å². The molecule has 4 rings (SSSR count). The molecule has 1 aliphatic heterocycles. The zero-order chi connectivity index (χ0) is 29.0. The minimum Gasteiger partial charge on any atom is -0.488 e. The van der Waals surface area contributed by atoms with Crippen LogP contribution in [0.1, 0.15) is 63.0 Å². The van der Waals surface area contributed by atoms with E-state index in [9.17, 15) is 8.42 Å². The Morgan fingerprint density at radius 2 is 1.93 bits per heavy atom. The van der Waals surface area contributed by atoms with Crippen LogP contribution in [-0.2, 0) is 9.84 Å². The summed E-state index contributed by atoms with van der Waals surface area (Å²) in [6.07, 6.45) is 8.49. The molecule has 2 fully saturated rings. The lowest BCUT2D eigenvalue weighted by Crippen LogP contribution is -2.29. The number of nitrogens with zero attached hydrogens (tertiary/aromatic N) is 3. The van der Waals surface area contributed by atoms with Gasteiger partial charge in [-0.05, 0) is 102 Å². The third kappa shape index (κ3) is 6.87. The number of anilines is 3. The molecule has 10 nitrogen and oxygen atoms in total. The third-order valence-corrected chi connectivity index (χ3v) is 9.86. The van der Waals surface area contributed by atoms with Crippen molar-refractivity contribution >= 4 is 43.9 Å². The number of piperidine rings is 1. The van der Waals surface area contributed by atoms with Gasteiger partial charge in [-0.15, -0.1) is 0 Å². The van der Waals surface area contributed by atoms with Gasteiger partial charge in [0.25, 0.3) is 0 Å². The lowest BCUT2D eigenvalue weighted by molar-refractivity contribution is 0.121. The number of likely N-dealkylation sites (tertiary alicyclic amines) is 1. The van der Waals surface area contributed by atoms with Crippen molar-refractivity contribution in [3.63, 3.8) is 0 Å². The molecular weight excluding hydrogens is 550 g/mol. The molecule has 2 aromatic rings. The highest BCUT2D eigenvalue weighted by molar-refractivity contribution is 8.07. The lowest BCUT2D eigenvalue weighted by Gasteiger charge is -2.32. The minimum atomic E-state index is -3.83. The molecule has 1 aromatic carbocycles. The van der Waals surface area contributed by atoms with E-state index in [1.807, 2.05) is 0 Å². The predicted octanol–water partition coefficient (Wildman–Crippen LogP) is 5.20. The Hall–Kier alpha value is -2.89. The number of sulfone groups is 1. The van der Waals surface area contributed by atoms with Crippen LogP contribution in [-0.4, -0.2) is 66.9 Å². The SMILES string of the molecule is CN/C=C(/Nc1nc(Nc2cc(C)c(C3CCN(C)CC3)cc2OC2CCC2)ncc1Cl)C(=N)S(=O)(=O)C(C)C. The Morgan fingerprint density at radius 3 is 2.52 bits per heavy atom. The molecule has 2 aliphatic rings. The number of benzene rings is 1. The van der Waals surface area contributed by atoms with E-state index in [0.29, 0.717) is 5.92 Å². The summed E-state index contributed by atoms with van der Waals surface area (Å²) < 4.78 is 31.7. The zero-order valence-corrected chi connectivity index (χ0v) is 25.4. The second-order valence-electron chi connectivity index (χ2n) is 10.9. The van der Waals surface area contributed by atoms with Gasteiger partial charge in [0.15, 0.2) is 20.7 Å². The lowest BCUT2D eigenvalue weighted by atomic mass is 9.86. The van der Waals surface area contributed by atoms with Crippen molar-refractivity contribution in [1.82, 2.24) is 20.2 Å². The summed E-state index contributed by atoms with van der Waals surface area (Å²) in [6.45, 7) is 7.35. The fourth-order valence-electron chi connectivity index (χ4n) is 4.78. The molecule has 0 spiro atoms. The summed E-state index contributed by atoms with van der Waals surface area (Å²) >= 11 is 6.38. The van der Waals surface area contributed by atoms with Gasteiger partial charge < -0.3 is 25.6 Å². The second kappa shape index (κ2) is 12.7. The fraction of sp³-hybridized carbons (Fsp3) is 0.536. The van der Waals surface area contributed by atoms with Gasteiger partial charge in [-0.1, -0.05) is 11.6 Å². The van der Waals surface area contributed by atoms with E-state index in [0.717, 1.165) is 50.2 Å². The van der Waals surface area contributed by atoms with Crippen LogP contribution in [0.25, 0.3) is 0 Å². The standard InChI is InChI=1S/C28H40ClN7O3S/c1-17(2)40(37,38)26(30)24(16-31-4)33-27-22(29)15-32-28(35-27)34-23-13-18(3)21(19-9-11-36(5)12-10-19)14-25(23)39-20-7-6-8-20/h13-17,19-20,30-31H,6-12H2,1-5H3,(H2,32,33,34,35)/b24-16+,30-26?. The number of halogens is 1. The van der Waals surface area contributed by atoms with E-state index >= 15 is 0 Å². The number of hydrogen-bond acceptors (Lipinski definition) is 10. The molecule has 0 unspecified atom stereocenters. The van der Waals surface area contributed by atoms with Crippen LogP contribution in [0.4, 0.5) is 17.5 Å². The van der Waals surface area contributed by atoms with Crippen LogP contribution in [0.2, 0.25) is 5.02 Å². The van der Waals surface area contributed by atoms with Gasteiger partial charge >= 0.3 is 0 Å². The maximum atomic E-state index is 12.6. The Bertz CT molecular complexity index is 1370. The van der Waals surface area contributed by atoms with E-state index < -0.39 is 20.1 Å². The molecule has 1 aliphatic carbocycles. The van der Waals surface area contributed by atoms with Crippen molar-refractivity contribution in [3.05, 3.63) is 46.4 Å². The van der Waals surface area contributed by atoms with E-state index in [2.05, 4.69) is 56.9 Å². The smallest absolute Gasteiger partial charge is 0.229 e. The van der Waals surface area contributed by atoms with Crippen LogP contribution in [0, 0.1) is 12.3 Å². The topological polar surface area (TPSA) is 132 Å². The van der Waals surface area contributed by atoms with Crippen LogP contribution in [0.3, 0.4) is 0 Å². The Morgan fingerprint density at radius 1 is 1.23 bits per heavy atom. The quantitative estimate of drug-likeness (QED) is 0.218. The van der Waals surface area contributed by atoms with Crippen LogP contribution >= 0.6 is 11.6 Å². The van der Waals surface area contributed by atoms with Crippen molar-refractivity contribution in [1.29, 1.82) is 5.41 Å². The van der Waals surface area contributed by atoms with Gasteiger partial charge in [-0.3, -0.25) is 5.41 Å². The molecule has 4 N–H and O–H groups in total. The molecule has 2 heterocycles. The highest BCUT2D eigenvalue weighted by Gasteiger charge is 2.27. The number of rotatable bonds is 10. The van der Waals surface area contributed by atoms with E-state index in [-0.39, 0.29) is 28.6 Å². The number of aromatic nitrogens is 2. The van der Waals surface area contributed by atoms with E-state index in [4.69, 9.17) is 21.7 Å². The first kappa shape index (κ1) is 30.1. The molecule has 0 bridgehead atoms. The molecule has 1 saturated heterocycles. The summed E-state index contributed by atoms with van der Waals surface area (Å²) in [5, 5.41) is 16.2. The Labute approximate surface area is 242 Å². The fourth-order valence-corrected chi connectivity index (χ4v) is 5.81. The predicted molar refractivity (Wildman–Crippen MR) is 162 cm³/mol. The third-order valence-electron chi connectivity index (χ3n) is 7.55. The average molecular weight is 590 g/mol. The monoisotopic (exact) mass is 589 g/mol. The zero-order valence-electron chi connectivity index (χ0n) is 23.8. The molecule has 1 aromatic heterocycles. The molecule has 0 amide bonds. The van der Waals surface area contributed by atoms with Crippen molar-refractivity contribution in [2.45, 2.75) is 70.1 Å². The first-order chi connectivity index (χ1) is 19.0. The van der Waals surface area contributed by atoms with Gasteiger partial charge in [-0.2, -0.15) is 4.98 Å². The van der Waals surface area contributed by atoms with Gasteiger partial charge in [0, 0.05) is 13.2 Å². The maximum Gasteiger partial charge on any atom is 0.229 e. The highest BCUT2D eigenvalue weighted by Crippen LogP contribution is 2.39. The summed E-state index contributed by atoms with van der Waals surface area (Å²) in [7, 11) is -0.0498. The molecular formula is C28H40ClN7O3S. The summed E-state index contributed by atoms with van der Waals surface area (Å²) in [5.41, 5.74) is 3.28. The number of aryl methyl sites for hydroxylation is 1. The molecule has 12 heteroatoms. The molecule has 0 atom stereocenters. The molecule has 218 valence electrons. The molecule has 0 radical (unpaired) electrons. The van der Waals surface area contributed by atoms with Crippen molar-refractivity contribution in [3.8, 4) is 5.75 Å². The maximum absolute atomic E-state index is 12.6. The van der Waals surface area contributed by atoms with Gasteiger partial charge in [0.05, 0.1) is 28.9 Å². The number of nitrogens with one attached hydrogen (secondary N) is 4. The van der Waals surface area contributed by atoms with Crippen LogP contribution in [0.5, 0.6) is 5.75 Å². The summed E-state index contributed by atoms with van der Waals surface area (Å²) in [5.74, 6) is 1.70. The van der Waals surface area contributed by atoms with E-state index in [1.165, 1.54) is 43.8 Å². The molecule has 1 saturated carbocycles. The largest absolute Gasteiger partial charge is 0.488 e. The van der Waals surface area contributed by atoms with Crippen molar-refractivity contribution in [2.75, 3.05) is 37.8 Å². The minimum absolute atomic E-state index is 0.0232. The number of ether oxygens (including phenoxy) is 1. The first-order valence-corrected chi connectivity index (χ1v) is 15.7. The van der Waals surface area contributed by atoms with Crippen molar-refractivity contribution < 1.29 is 13.2 Å². The molecule has 40 heavy (non-hydrogen) atoms. The van der Waals surface area contributed by atoms with Crippen molar-refractivity contribution in [2.24, 2.45) is 0 Å². The highest BCUT2D eigenvalue weighted by atomic mass is 35.5. The number of hydrogen-bond donors (Lipinski definition) is 4. The second-order valence-corrected chi connectivity index (χ2v) is 13.7. The van der Waals surface area contributed by atoms with Gasteiger partial charge in [-0.25, -0.2) is 13.4 Å². The van der Waals surface area contributed by atoms with Crippen LogP contribution in [0.15, 0.2) is 30.2 Å². The Balaban J connectivity index is 1.62. The Kier molecular flexibility index (Phi) is 9.58. The average Bonchev–Trinajstić information content (AvgIpc) is 2.88. The summed E-state index contributed by atoms with van der Waals surface area (Å²) in [6, 6.07) is 4.26. The first-order valence-electron chi connectivity index (χ1n) is 13.8. The normalized spacial score (nSPS) is 17.4. The van der Waals surface area contributed by atoms with Gasteiger partial charge in [0.2, 0.25) is 5.95 Å². The van der Waals surface area contributed by atoms with Gasteiger partial charge in [0.1, 0.15) is 10.8 Å². The summed E-state index contributed by atoms with van der Waals surface area (Å²) in [4.78, 5) is 11.2. The van der Waals surface area contributed by atoms with E-state index in [1.54, 1.807) is 7.05 Å².